The van der Waals surface area contributed by atoms with E-state index in [0.717, 1.165) is 12.0 Å². The van der Waals surface area contributed by atoms with Gasteiger partial charge in [-0.1, -0.05) is 6.58 Å². The molecule has 0 saturated heterocycles. The first-order valence-electron chi connectivity index (χ1n) is 8.59. The zero-order chi connectivity index (χ0) is 17.8. The van der Waals surface area contributed by atoms with Gasteiger partial charge in [0, 0.05) is 24.5 Å². The maximum Gasteiger partial charge on any atom is 0.307 e. The molecule has 2 heterocycles. The number of halogens is 2. The van der Waals surface area contributed by atoms with Gasteiger partial charge in [0.05, 0.1) is 23.7 Å². The standard InChI is InChI=1S/C17H20F2N4O2/c1-9-13-8-20-23(10-4-6-17(18,19)7-5-10)15(13)22-14(21-9)11-2-3-12(11)16(24)25/h8,10-12H,1-7H2,(H,21,22)(H,24,25)/t11-,12-/m0/s1. The van der Waals surface area contributed by atoms with Crippen molar-refractivity contribution in [1.29, 1.82) is 0 Å². The Morgan fingerprint density at radius 1 is 1.32 bits per heavy atom. The van der Waals surface area contributed by atoms with Crippen molar-refractivity contribution in [3.05, 3.63) is 18.3 Å². The molecule has 2 saturated carbocycles. The molecule has 2 N–H and O–H groups in total. The van der Waals surface area contributed by atoms with Crippen LogP contribution >= 0.6 is 0 Å². The predicted octanol–water partition coefficient (Wildman–Crippen LogP) is 3.35. The Bertz CT molecular complexity index is 761. The molecule has 8 heteroatoms. The molecule has 2 atom stereocenters. The molecule has 4 rings (SSSR count). The predicted molar refractivity (Wildman–Crippen MR) is 87.8 cm³/mol. The number of alkyl halides is 2. The zero-order valence-corrected chi connectivity index (χ0v) is 13.7. The number of rotatable bonds is 3. The second-order valence-corrected chi connectivity index (χ2v) is 7.14. The van der Waals surface area contributed by atoms with Crippen LogP contribution in [0.2, 0.25) is 0 Å². The minimum Gasteiger partial charge on any atom is -0.481 e. The van der Waals surface area contributed by atoms with Crippen LogP contribution in [0, 0.1) is 11.8 Å². The van der Waals surface area contributed by atoms with E-state index in [9.17, 15) is 18.7 Å². The summed E-state index contributed by atoms with van der Waals surface area (Å²) in [5, 5.41) is 16.7. The van der Waals surface area contributed by atoms with Crippen molar-refractivity contribution in [2.75, 3.05) is 0 Å². The quantitative estimate of drug-likeness (QED) is 0.876. The summed E-state index contributed by atoms with van der Waals surface area (Å²) in [4.78, 5) is 15.9. The van der Waals surface area contributed by atoms with Gasteiger partial charge in [-0.2, -0.15) is 5.10 Å². The monoisotopic (exact) mass is 350 g/mol. The lowest BCUT2D eigenvalue weighted by Crippen LogP contribution is -2.44. The van der Waals surface area contributed by atoms with Crippen molar-refractivity contribution in [3.8, 4) is 0 Å². The molecule has 2 fully saturated rings. The number of aliphatic imine (C=N–C) groups is 1. The van der Waals surface area contributed by atoms with Crippen molar-refractivity contribution < 1.29 is 18.7 Å². The molecule has 0 unspecified atom stereocenters. The van der Waals surface area contributed by atoms with Crippen molar-refractivity contribution in [2.45, 2.75) is 50.5 Å². The number of nitrogens with one attached hydrogen (secondary N) is 1. The number of fused-ring (bicyclic) bond motifs is 1. The number of carboxylic acid groups (broad SMARTS) is 1. The van der Waals surface area contributed by atoms with Gasteiger partial charge in [-0.15, -0.1) is 0 Å². The van der Waals surface area contributed by atoms with Gasteiger partial charge >= 0.3 is 5.97 Å². The largest absolute Gasteiger partial charge is 0.481 e. The van der Waals surface area contributed by atoms with Gasteiger partial charge in [0.2, 0.25) is 5.92 Å². The SMILES string of the molecule is C=C1NC([C@H]2CC[C@@H]2C(=O)O)=Nc2c1cnn2C1CCC(F)(F)CC1. The Labute approximate surface area is 143 Å². The number of hydrogen-bond donors (Lipinski definition) is 2. The third-order valence-electron chi connectivity index (χ3n) is 5.57. The number of nitrogens with zero attached hydrogens (tertiary/aromatic N) is 3. The highest BCUT2D eigenvalue weighted by atomic mass is 19.3. The van der Waals surface area contributed by atoms with E-state index in [1.165, 1.54) is 0 Å². The van der Waals surface area contributed by atoms with Gasteiger partial charge in [-0.25, -0.2) is 18.5 Å². The smallest absolute Gasteiger partial charge is 0.307 e. The highest BCUT2D eigenvalue weighted by Gasteiger charge is 2.42. The second kappa shape index (κ2) is 5.64. The van der Waals surface area contributed by atoms with Crippen LogP contribution in [0.5, 0.6) is 0 Å². The summed E-state index contributed by atoms with van der Waals surface area (Å²) >= 11 is 0. The van der Waals surface area contributed by atoms with Crippen LogP contribution in [0.4, 0.5) is 14.6 Å². The Morgan fingerprint density at radius 3 is 2.64 bits per heavy atom. The molecule has 1 aromatic heterocycles. The van der Waals surface area contributed by atoms with E-state index in [0.29, 0.717) is 36.6 Å². The molecular weight excluding hydrogens is 330 g/mol. The van der Waals surface area contributed by atoms with Gasteiger partial charge in [-0.05, 0) is 25.7 Å². The van der Waals surface area contributed by atoms with Crippen LogP contribution in [-0.4, -0.2) is 32.6 Å². The van der Waals surface area contributed by atoms with Gasteiger partial charge < -0.3 is 10.4 Å². The van der Waals surface area contributed by atoms with Crippen LogP contribution in [0.25, 0.3) is 5.70 Å². The van der Waals surface area contributed by atoms with E-state index in [2.05, 4.69) is 22.0 Å². The van der Waals surface area contributed by atoms with Gasteiger partial charge in [-0.3, -0.25) is 4.79 Å². The second-order valence-electron chi connectivity index (χ2n) is 7.14. The molecule has 0 radical (unpaired) electrons. The van der Waals surface area contributed by atoms with Crippen molar-refractivity contribution >= 4 is 23.3 Å². The van der Waals surface area contributed by atoms with E-state index in [1.54, 1.807) is 10.9 Å². The zero-order valence-electron chi connectivity index (χ0n) is 13.7. The summed E-state index contributed by atoms with van der Waals surface area (Å²) in [5.41, 5.74) is 1.37. The lowest BCUT2D eigenvalue weighted by molar-refractivity contribution is -0.146. The van der Waals surface area contributed by atoms with Gasteiger partial charge in [0.15, 0.2) is 5.82 Å². The number of carboxylic acids is 1. The van der Waals surface area contributed by atoms with Crippen LogP contribution in [0.3, 0.4) is 0 Å². The van der Waals surface area contributed by atoms with E-state index in [4.69, 9.17) is 0 Å². The number of hydrogen-bond acceptors (Lipinski definition) is 4. The van der Waals surface area contributed by atoms with Crippen LogP contribution in [-0.2, 0) is 4.79 Å². The molecule has 0 aromatic carbocycles. The van der Waals surface area contributed by atoms with E-state index in [1.807, 2.05) is 0 Å². The molecule has 134 valence electrons. The average Bonchev–Trinajstić information content (AvgIpc) is 2.90. The van der Waals surface area contributed by atoms with E-state index in [-0.39, 0.29) is 24.8 Å². The fraction of sp³-hybridized carbons (Fsp3) is 0.588. The first-order chi connectivity index (χ1) is 11.9. The highest BCUT2D eigenvalue weighted by molar-refractivity contribution is 6.00. The minimum absolute atomic E-state index is 0.115. The van der Waals surface area contributed by atoms with Crippen LogP contribution in [0.15, 0.2) is 17.8 Å². The highest BCUT2D eigenvalue weighted by Crippen LogP contribution is 2.43. The third-order valence-corrected chi connectivity index (χ3v) is 5.57. The Kier molecular flexibility index (Phi) is 3.66. The molecule has 0 amide bonds. The molecule has 6 nitrogen and oxygen atoms in total. The molecule has 0 spiro atoms. The Morgan fingerprint density at radius 2 is 2.04 bits per heavy atom. The van der Waals surface area contributed by atoms with Crippen molar-refractivity contribution in [3.63, 3.8) is 0 Å². The van der Waals surface area contributed by atoms with E-state index < -0.39 is 17.8 Å². The minimum atomic E-state index is -2.59. The lowest BCUT2D eigenvalue weighted by atomic mass is 9.72. The van der Waals surface area contributed by atoms with Crippen LogP contribution in [0.1, 0.15) is 50.1 Å². The molecular formula is C17H20F2N4O2. The molecule has 3 aliphatic rings. The maximum atomic E-state index is 13.4. The van der Waals surface area contributed by atoms with Crippen molar-refractivity contribution in [2.24, 2.45) is 16.8 Å². The van der Waals surface area contributed by atoms with Crippen LogP contribution < -0.4 is 5.32 Å². The summed E-state index contributed by atoms with van der Waals surface area (Å²) in [6.07, 6.45) is 3.46. The number of amidine groups is 1. The molecule has 0 bridgehead atoms. The normalized spacial score (nSPS) is 28.6. The number of aromatic nitrogens is 2. The van der Waals surface area contributed by atoms with Gasteiger partial charge in [0.25, 0.3) is 0 Å². The average molecular weight is 350 g/mol. The molecule has 1 aromatic rings. The molecule has 1 aliphatic heterocycles. The lowest BCUT2D eigenvalue weighted by Gasteiger charge is -2.36. The fourth-order valence-corrected chi connectivity index (χ4v) is 3.88. The van der Waals surface area contributed by atoms with Crippen molar-refractivity contribution in [1.82, 2.24) is 15.1 Å². The summed E-state index contributed by atoms with van der Waals surface area (Å²) in [5.74, 6) is -2.82. The summed E-state index contributed by atoms with van der Waals surface area (Å²) < 4.78 is 28.6. The summed E-state index contributed by atoms with van der Waals surface area (Å²) in [6.45, 7) is 3.99. The summed E-state index contributed by atoms with van der Waals surface area (Å²) in [6, 6.07) is -0.115. The number of carbonyl (C=O) groups is 1. The first kappa shape index (κ1) is 16.2. The Balaban J connectivity index is 1.63. The first-order valence-corrected chi connectivity index (χ1v) is 8.59. The fourth-order valence-electron chi connectivity index (χ4n) is 3.88. The topological polar surface area (TPSA) is 79.5 Å². The third kappa shape index (κ3) is 2.73. The maximum absolute atomic E-state index is 13.4. The molecule has 2 aliphatic carbocycles. The van der Waals surface area contributed by atoms with E-state index >= 15 is 0 Å². The molecule has 25 heavy (non-hydrogen) atoms. The number of aliphatic carboxylic acids is 1. The Hall–Kier alpha value is -2.25. The van der Waals surface area contributed by atoms with Gasteiger partial charge in [0.1, 0.15) is 5.84 Å². The summed E-state index contributed by atoms with van der Waals surface area (Å²) in [7, 11) is 0.